The molecule has 0 saturated carbocycles. The third kappa shape index (κ3) is 4.36. The highest BCUT2D eigenvalue weighted by molar-refractivity contribution is 5.40. The van der Waals surface area contributed by atoms with E-state index in [-0.39, 0.29) is 18.2 Å². The highest BCUT2D eigenvalue weighted by Gasteiger charge is 2.19. The molecule has 17 heavy (non-hydrogen) atoms. The average Bonchev–Trinajstić information content (AvgIpc) is 2.18. The molecule has 0 fully saturated rings. The fraction of sp³-hybridized carbons (Fsp3) is 0.545. The van der Waals surface area contributed by atoms with Crippen LogP contribution in [0.15, 0.2) is 12.1 Å². The van der Waals surface area contributed by atoms with Crippen LogP contribution in [0.25, 0.3) is 0 Å². The highest BCUT2D eigenvalue weighted by atomic mass is 16.6. The fourth-order valence-corrected chi connectivity index (χ4v) is 1.18. The average molecular weight is 240 g/mol. The minimum atomic E-state index is -0.854. The molecule has 0 aliphatic rings. The Kier molecular flexibility index (Phi) is 4.01. The van der Waals surface area contributed by atoms with E-state index in [1.165, 1.54) is 6.07 Å². The van der Waals surface area contributed by atoms with Gasteiger partial charge in [-0.3, -0.25) is 0 Å². The van der Waals surface area contributed by atoms with E-state index in [4.69, 9.17) is 4.74 Å². The topological polar surface area (TPSA) is 85.5 Å². The molecular weight excluding hydrogens is 224 g/mol. The standard InChI is InChI=1S/C11H16N2O4/c1-8-4-5-9(10(12-8)13(15)16)17-7-6-11(2,3)14/h4-5,14H,6-7H2,1-3H3. The summed E-state index contributed by atoms with van der Waals surface area (Å²) in [6, 6.07) is 3.16. The van der Waals surface area contributed by atoms with Gasteiger partial charge in [0.15, 0.2) is 0 Å². The smallest absolute Gasteiger partial charge is 0.406 e. The lowest BCUT2D eigenvalue weighted by Gasteiger charge is -2.16. The summed E-state index contributed by atoms with van der Waals surface area (Å²) in [7, 11) is 0. The van der Waals surface area contributed by atoms with Crippen molar-refractivity contribution in [2.45, 2.75) is 32.8 Å². The molecule has 1 aromatic rings. The Labute approximate surface area is 99.4 Å². The fourth-order valence-electron chi connectivity index (χ4n) is 1.18. The van der Waals surface area contributed by atoms with E-state index in [1.807, 2.05) is 0 Å². The summed E-state index contributed by atoms with van der Waals surface area (Å²) in [5.74, 6) is -0.161. The molecule has 6 heteroatoms. The molecular formula is C11H16N2O4. The van der Waals surface area contributed by atoms with Crippen LogP contribution in [-0.4, -0.2) is 27.2 Å². The zero-order valence-electron chi connectivity index (χ0n) is 10.1. The van der Waals surface area contributed by atoms with Crippen molar-refractivity contribution in [1.29, 1.82) is 0 Å². The normalized spacial score (nSPS) is 11.3. The molecule has 0 unspecified atom stereocenters. The number of aryl methyl sites for hydroxylation is 1. The first-order chi connectivity index (χ1) is 7.79. The number of pyridine rings is 1. The van der Waals surface area contributed by atoms with Crippen molar-refractivity contribution in [1.82, 2.24) is 4.98 Å². The Bertz CT molecular complexity index is 412. The van der Waals surface area contributed by atoms with Crippen molar-refractivity contribution in [3.63, 3.8) is 0 Å². The number of rotatable bonds is 5. The van der Waals surface area contributed by atoms with Gasteiger partial charge in [0.2, 0.25) is 5.75 Å². The van der Waals surface area contributed by atoms with Crippen molar-refractivity contribution in [2.75, 3.05) is 6.61 Å². The second-order valence-corrected chi connectivity index (χ2v) is 4.44. The quantitative estimate of drug-likeness (QED) is 0.627. The van der Waals surface area contributed by atoms with E-state index in [9.17, 15) is 15.2 Å². The van der Waals surface area contributed by atoms with Gasteiger partial charge in [-0.2, -0.15) is 0 Å². The van der Waals surface area contributed by atoms with Gasteiger partial charge < -0.3 is 20.0 Å². The molecule has 0 saturated heterocycles. The molecule has 0 bridgehead atoms. The predicted octanol–water partition coefficient (Wildman–Crippen LogP) is 1.84. The summed E-state index contributed by atoms with van der Waals surface area (Å²) in [4.78, 5) is 14.0. The van der Waals surface area contributed by atoms with Crippen LogP contribution >= 0.6 is 0 Å². The van der Waals surface area contributed by atoms with Crippen LogP contribution in [0.2, 0.25) is 0 Å². The number of hydrogen-bond acceptors (Lipinski definition) is 5. The molecule has 6 nitrogen and oxygen atoms in total. The molecule has 1 rings (SSSR count). The molecule has 0 spiro atoms. The van der Waals surface area contributed by atoms with Gasteiger partial charge >= 0.3 is 5.82 Å². The first-order valence-corrected chi connectivity index (χ1v) is 5.27. The van der Waals surface area contributed by atoms with E-state index in [1.54, 1.807) is 26.8 Å². The van der Waals surface area contributed by atoms with Gasteiger partial charge in [0.1, 0.15) is 5.69 Å². The van der Waals surface area contributed by atoms with Crippen molar-refractivity contribution < 1.29 is 14.8 Å². The largest absolute Gasteiger partial charge is 0.486 e. The minimum Gasteiger partial charge on any atom is -0.486 e. The van der Waals surface area contributed by atoms with Crippen LogP contribution < -0.4 is 4.74 Å². The van der Waals surface area contributed by atoms with E-state index in [0.717, 1.165) is 0 Å². The summed E-state index contributed by atoms with van der Waals surface area (Å²) in [6.07, 6.45) is 0.387. The SMILES string of the molecule is Cc1ccc(OCCC(C)(C)O)c([N+](=O)[O-])n1. The number of aliphatic hydroxyl groups is 1. The van der Waals surface area contributed by atoms with Crippen molar-refractivity contribution >= 4 is 5.82 Å². The maximum absolute atomic E-state index is 10.7. The van der Waals surface area contributed by atoms with Crippen LogP contribution in [-0.2, 0) is 0 Å². The van der Waals surface area contributed by atoms with Gasteiger partial charge in [-0.05, 0) is 35.9 Å². The van der Waals surface area contributed by atoms with Crippen LogP contribution in [0.4, 0.5) is 5.82 Å². The Morgan fingerprint density at radius 1 is 1.53 bits per heavy atom. The summed E-state index contributed by atoms with van der Waals surface area (Å²) >= 11 is 0. The Morgan fingerprint density at radius 2 is 2.18 bits per heavy atom. The van der Waals surface area contributed by atoms with Crippen LogP contribution in [0.3, 0.4) is 0 Å². The molecule has 0 aliphatic heterocycles. The Morgan fingerprint density at radius 3 is 2.71 bits per heavy atom. The van der Waals surface area contributed by atoms with E-state index in [2.05, 4.69) is 4.98 Å². The summed E-state index contributed by atoms with van der Waals surface area (Å²) in [5, 5.41) is 20.2. The van der Waals surface area contributed by atoms with E-state index in [0.29, 0.717) is 12.1 Å². The summed E-state index contributed by atoms with van der Waals surface area (Å²) in [6.45, 7) is 5.18. The number of ether oxygens (including phenoxy) is 1. The molecule has 0 aromatic carbocycles. The van der Waals surface area contributed by atoms with Crippen LogP contribution in [0.5, 0.6) is 5.75 Å². The van der Waals surface area contributed by atoms with Gasteiger partial charge in [0.05, 0.1) is 12.2 Å². The summed E-state index contributed by atoms with van der Waals surface area (Å²) in [5.41, 5.74) is -0.293. The van der Waals surface area contributed by atoms with Gasteiger partial charge in [-0.1, -0.05) is 0 Å². The number of hydrogen-bond donors (Lipinski definition) is 1. The van der Waals surface area contributed by atoms with Gasteiger partial charge in [0, 0.05) is 13.3 Å². The summed E-state index contributed by atoms with van der Waals surface area (Å²) < 4.78 is 5.27. The lowest BCUT2D eigenvalue weighted by atomic mass is 10.1. The number of aromatic nitrogens is 1. The van der Waals surface area contributed by atoms with Crippen molar-refractivity contribution in [2.24, 2.45) is 0 Å². The molecule has 0 amide bonds. The molecule has 0 aliphatic carbocycles. The second kappa shape index (κ2) is 5.09. The monoisotopic (exact) mass is 240 g/mol. The minimum absolute atomic E-state index is 0.129. The molecule has 94 valence electrons. The zero-order chi connectivity index (χ0) is 13.1. The third-order valence-corrected chi connectivity index (χ3v) is 2.12. The Hall–Kier alpha value is -1.69. The van der Waals surface area contributed by atoms with Gasteiger partial charge in [0.25, 0.3) is 0 Å². The first-order valence-electron chi connectivity index (χ1n) is 5.27. The predicted molar refractivity (Wildman–Crippen MR) is 62.0 cm³/mol. The lowest BCUT2D eigenvalue weighted by Crippen LogP contribution is -2.22. The van der Waals surface area contributed by atoms with Crippen molar-refractivity contribution in [3.05, 3.63) is 27.9 Å². The van der Waals surface area contributed by atoms with Crippen LogP contribution in [0, 0.1) is 17.0 Å². The lowest BCUT2D eigenvalue weighted by molar-refractivity contribution is -0.390. The number of nitrogens with zero attached hydrogens (tertiary/aromatic N) is 2. The zero-order valence-corrected chi connectivity index (χ0v) is 10.1. The highest BCUT2D eigenvalue weighted by Crippen LogP contribution is 2.24. The maximum Gasteiger partial charge on any atom is 0.406 e. The van der Waals surface area contributed by atoms with Gasteiger partial charge in [-0.25, -0.2) is 0 Å². The first kappa shape index (κ1) is 13.4. The van der Waals surface area contributed by atoms with Gasteiger partial charge in [-0.15, -0.1) is 0 Å². The molecule has 1 heterocycles. The van der Waals surface area contributed by atoms with Crippen molar-refractivity contribution in [3.8, 4) is 5.75 Å². The molecule has 0 radical (unpaired) electrons. The maximum atomic E-state index is 10.7. The Balaban J connectivity index is 2.74. The third-order valence-electron chi connectivity index (χ3n) is 2.12. The molecule has 0 atom stereocenters. The molecule has 1 N–H and O–H groups in total. The number of nitro groups is 1. The van der Waals surface area contributed by atoms with E-state index >= 15 is 0 Å². The second-order valence-electron chi connectivity index (χ2n) is 4.44. The van der Waals surface area contributed by atoms with E-state index < -0.39 is 10.5 Å². The molecule has 1 aromatic heterocycles. The van der Waals surface area contributed by atoms with Crippen LogP contribution in [0.1, 0.15) is 26.0 Å².